The molecule has 0 aliphatic carbocycles. The first kappa shape index (κ1) is 21.1. The van der Waals surface area contributed by atoms with E-state index in [4.69, 9.17) is 16.3 Å². The van der Waals surface area contributed by atoms with Crippen molar-refractivity contribution in [2.75, 3.05) is 24.2 Å². The van der Waals surface area contributed by atoms with Gasteiger partial charge in [-0.3, -0.25) is 0 Å². The number of aromatic nitrogens is 4. The van der Waals surface area contributed by atoms with Crippen molar-refractivity contribution in [3.8, 4) is 17.0 Å². The van der Waals surface area contributed by atoms with E-state index < -0.39 is 5.82 Å². The van der Waals surface area contributed by atoms with Crippen molar-refractivity contribution < 1.29 is 9.13 Å². The molecule has 0 bridgehead atoms. The van der Waals surface area contributed by atoms with Crippen molar-refractivity contribution in [3.05, 3.63) is 59.3 Å². The smallest absolute Gasteiger partial charge is 0.228 e. The van der Waals surface area contributed by atoms with Gasteiger partial charge in [-0.25, -0.2) is 19.3 Å². The Hall–Kier alpha value is -3.17. The summed E-state index contributed by atoms with van der Waals surface area (Å²) in [6.07, 6.45) is 3.20. The second-order valence-electron chi connectivity index (χ2n) is 6.54. The van der Waals surface area contributed by atoms with Gasteiger partial charge in [0.1, 0.15) is 5.82 Å². The van der Waals surface area contributed by atoms with E-state index in [1.165, 1.54) is 19.4 Å². The molecule has 0 spiro atoms. The summed E-state index contributed by atoms with van der Waals surface area (Å²) < 4.78 is 22.8. The van der Waals surface area contributed by atoms with E-state index in [1.807, 2.05) is 13.0 Å². The molecule has 0 fully saturated rings. The predicted octanol–water partition coefficient (Wildman–Crippen LogP) is 5.36. The zero-order chi connectivity index (χ0) is 22.0. The fraction of sp³-hybridized carbons (Fsp3) is 0.143. The van der Waals surface area contributed by atoms with Gasteiger partial charge in [-0.15, -0.1) is 0 Å². The lowest BCUT2D eigenvalue weighted by molar-refractivity contribution is 0.387. The van der Waals surface area contributed by atoms with Gasteiger partial charge >= 0.3 is 0 Å². The summed E-state index contributed by atoms with van der Waals surface area (Å²) in [6, 6.07) is 8.50. The normalized spacial score (nSPS) is 10.9. The number of halogens is 2. The number of benzene rings is 1. The standard InChI is InChI=1S/C21H18ClFN6OS/c1-11-15(6-13-9-26-21(24-2)28-19(13)27-11)12-4-5-16(23)17(7-12)29-31-18-8-14(22)10-25-20(18)30-3/h4-10,29H,1-3H3,(H,24,26,27,28). The van der Waals surface area contributed by atoms with Crippen molar-refractivity contribution in [1.29, 1.82) is 0 Å². The van der Waals surface area contributed by atoms with Crippen molar-refractivity contribution in [1.82, 2.24) is 19.9 Å². The second-order valence-corrected chi connectivity index (χ2v) is 7.82. The van der Waals surface area contributed by atoms with Crippen molar-refractivity contribution in [2.24, 2.45) is 0 Å². The lowest BCUT2D eigenvalue weighted by Gasteiger charge is -2.12. The van der Waals surface area contributed by atoms with Crippen LogP contribution in [0.2, 0.25) is 5.02 Å². The molecular weight excluding hydrogens is 439 g/mol. The Bertz CT molecular complexity index is 1270. The Labute approximate surface area is 187 Å². The average molecular weight is 457 g/mol. The van der Waals surface area contributed by atoms with Gasteiger partial charge in [0.15, 0.2) is 5.65 Å². The largest absolute Gasteiger partial charge is 0.480 e. The third kappa shape index (κ3) is 4.47. The van der Waals surface area contributed by atoms with Crippen LogP contribution < -0.4 is 14.8 Å². The van der Waals surface area contributed by atoms with Crippen LogP contribution in [0, 0.1) is 12.7 Å². The molecule has 0 unspecified atom stereocenters. The Morgan fingerprint density at radius 2 is 1.94 bits per heavy atom. The first-order valence-corrected chi connectivity index (χ1v) is 10.4. The number of nitrogens with one attached hydrogen (secondary N) is 2. The number of hydrogen-bond donors (Lipinski definition) is 2. The quantitative estimate of drug-likeness (QED) is 0.375. The molecule has 0 saturated carbocycles. The molecule has 3 heterocycles. The fourth-order valence-corrected chi connectivity index (χ4v) is 3.99. The van der Waals surface area contributed by atoms with Gasteiger partial charge in [-0.1, -0.05) is 17.7 Å². The predicted molar refractivity (Wildman–Crippen MR) is 122 cm³/mol. The van der Waals surface area contributed by atoms with E-state index in [1.54, 1.807) is 31.4 Å². The SMILES string of the molecule is CNc1ncc2cc(-c3ccc(F)c(NSc4cc(Cl)cnc4OC)c3)c(C)nc2n1. The van der Waals surface area contributed by atoms with Gasteiger partial charge in [0.25, 0.3) is 0 Å². The highest BCUT2D eigenvalue weighted by molar-refractivity contribution is 8.00. The first-order valence-electron chi connectivity index (χ1n) is 9.23. The summed E-state index contributed by atoms with van der Waals surface area (Å²) in [4.78, 5) is 18.0. The highest BCUT2D eigenvalue weighted by Crippen LogP contribution is 2.34. The minimum atomic E-state index is -0.390. The molecule has 0 aliphatic rings. The number of methoxy groups -OCH3 is 1. The summed E-state index contributed by atoms with van der Waals surface area (Å²) in [7, 11) is 3.27. The number of aryl methyl sites for hydroxylation is 1. The third-order valence-electron chi connectivity index (χ3n) is 4.51. The van der Waals surface area contributed by atoms with Crippen molar-refractivity contribution >= 4 is 46.2 Å². The van der Waals surface area contributed by atoms with Gasteiger partial charge in [0.2, 0.25) is 11.8 Å². The number of pyridine rings is 2. The van der Waals surface area contributed by atoms with E-state index in [0.29, 0.717) is 33.1 Å². The van der Waals surface area contributed by atoms with Crippen LogP contribution in [0.5, 0.6) is 5.88 Å². The lowest BCUT2D eigenvalue weighted by Crippen LogP contribution is -1.99. The Kier molecular flexibility index (Phi) is 6.06. The molecule has 7 nitrogen and oxygen atoms in total. The van der Waals surface area contributed by atoms with Crippen molar-refractivity contribution in [3.63, 3.8) is 0 Å². The Balaban J connectivity index is 1.66. The maximum absolute atomic E-state index is 14.5. The number of nitrogens with zero attached hydrogens (tertiary/aromatic N) is 4. The number of anilines is 2. The zero-order valence-electron chi connectivity index (χ0n) is 16.9. The summed E-state index contributed by atoms with van der Waals surface area (Å²) in [5.74, 6) is 0.510. The molecule has 1 aromatic carbocycles. The molecule has 0 saturated heterocycles. The average Bonchev–Trinajstić information content (AvgIpc) is 2.78. The van der Waals surface area contributed by atoms with Gasteiger partial charge in [0.05, 0.1) is 22.7 Å². The summed E-state index contributed by atoms with van der Waals surface area (Å²) in [5, 5.41) is 4.15. The zero-order valence-corrected chi connectivity index (χ0v) is 18.5. The summed E-state index contributed by atoms with van der Waals surface area (Å²) in [6.45, 7) is 1.89. The molecule has 0 aliphatic heterocycles. The monoisotopic (exact) mass is 456 g/mol. The van der Waals surface area contributed by atoms with Gasteiger partial charge in [-0.2, -0.15) is 4.98 Å². The highest BCUT2D eigenvalue weighted by Gasteiger charge is 2.13. The third-order valence-corrected chi connectivity index (χ3v) is 5.55. The van der Waals surface area contributed by atoms with Crippen LogP contribution in [-0.4, -0.2) is 34.1 Å². The molecule has 0 amide bonds. The Morgan fingerprint density at radius 1 is 1.10 bits per heavy atom. The van der Waals surface area contributed by atoms with E-state index in [2.05, 4.69) is 30.0 Å². The van der Waals surface area contributed by atoms with E-state index >= 15 is 0 Å². The maximum Gasteiger partial charge on any atom is 0.228 e. The van der Waals surface area contributed by atoms with E-state index in [9.17, 15) is 4.39 Å². The minimum absolute atomic E-state index is 0.311. The molecule has 3 aromatic heterocycles. The van der Waals surface area contributed by atoms with Crippen LogP contribution in [0.15, 0.2) is 47.6 Å². The van der Waals surface area contributed by atoms with Gasteiger partial charge in [-0.05, 0) is 48.7 Å². The molecule has 2 N–H and O–H groups in total. The van der Waals surface area contributed by atoms with Crippen LogP contribution >= 0.6 is 23.5 Å². The van der Waals surface area contributed by atoms with Crippen LogP contribution in [0.4, 0.5) is 16.0 Å². The molecule has 0 radical (unpaired) electrons. The lowest BCUT2D eigenvalue weighted by atomic mass is 10.0. The molecule has 4 aromatic rings. The summed E-state index contributed by atoms with van der Waals surface area (Å²) >= 11 is 7.19. The maximum atomic E-state index is 14.5. The Morgan fingerprint density at radius 3 is 2.71 bits per heavy atom. The molecule has 0 atom stereocenters. The number of rotatable bonds is 6. The topological polar surface area (TPSA) is 84.9 Å². The number of ether oxygens (including phenoxy) is 1. The second kappa shape index (κ2) is 8.91. The molecule has 31 heavy (non-hydrogen) atoms. The van der Waals surface area contributed by atoms with E-state index in [-0.39, 0.29) is 0 Å². The van der Waals surface area contributed by atoms with Crippen LogP contribution in [0.25, 0.3) is 22.2 Å². The molecule has 158 valence electrons. The first-order chi connectivity index (χ1) is 15.0. The fourth-order valence-electron chi connectivity index (χ4n) is 2.98. The van der Waals surface area contributed by atoms with Crippen molar-refractivity contribution in [2.45, 2.75) is 11.8 Å². The molecule has 4 rings (SSSR count). The molecular formula is C21H18ClFN6OS. The van der Waals surface area contributed by atoms with Crippen LogP contribution in [0.1, 0.15) is 5.69 Å². The minimum Gasteiger partial charge on any atom is -0.480 e. The number of hydrogen-bond acceptors (Lipinski definition) is 8. The van der Waals surface area contributed by atoms with Crippen LogP contribution in [-0.2, 0) is 0 Å². The molecule has 10 heteroatoms. The van der Waals surface area contributed by atoms with Gasteiger partial charge < -0.3 is 14.8 Å². The van der Waals surface area contributed by atoms with Gasteiger partial charge in [0, 0.05) is 36.1 Å². The highest BCUT2D eigenvalue weighted by atomic mass is 35.5. The number of fused-ring (bicyclic) bond motifs is 1. The van der Waals surface area contributed by atoms with E-state index in [0.717, 1.165) is 34.2 Å². The summed E-state index contributed by atoms with van der Waals surface area (Å²) in [5.41, 5.74) is 3.36. The van der Waals surface area contributed by atoms with Crippen LogP contribution in [0.3, 0.4) is 0 Å².